The largest absolute Gasteiger partial charge is 0.317 e. The van der Waals surface area contributed by atoms with Gasteiger partial charge in [-0.25, -0.2) is 14.1 Å². The lowest BCUT2D eigenvalue weighted by Gasteiger charge is -2.10. The van der Waals surface area contributed by atoms with Crippen molar-refractivity contribution in [1.29, 1.82) is 0 Å². The normalized spacial score (nSPS) is 10.7. The van der Waals surface area contributed by atoms with Crippen LogP contribution < -0.4 is 5.32 Å². The van der Waals surface area contributed by atoms with Crippen LogP contribution in [0.4, 0.5) is 10.1 Å². The number of amides is 1. The number of halogens is 1. The Balaban J connectivity index is 1.81. The predicted octanol–water partition coefficient (Wildman–Crippen LogP) is 4.94. The second-order valence-corrected chi connectivity index (χ2v) is 6.76. The van der Waals surface area contributed by atoms with Crippen molar-refractivity contribution in [3.63, 3.8) is 0 Å². The van der Waals surface area contributed by atoms with Crippen molar-refractivity contribution in [2.24, 2.45) is 0 Å². The molecule has 29 heavy (non-hydrogen) atoms. The number of benzene rings is 3. The minimum atomic E-state index is -0.573. The molecule has 0 saturated heterocycles. The number of aryl methyl sites for hydroxylation is 2. The molecule has 0 spiro atoms. The highest BCUT2D eigenvalue weighted by molar-refractivity contribution is 6.01. The van der Waals surface area contributed by atoms with Gasteiger partial charge in [0.2, 0.25) is 5.82 Å². The van der Waals surface area contributed by atoms with E-state index in [-0.39, 0.29) is 11.5 Å². The highest BCUT2D eigenvalue weighted by Crippen LogP contribution is 2.24. The zero-order chi connectivity index (χ0) is 20.4. The van der Waals surface area contributed by atoms with Gasteiger partial charge < -0.3 is 5.32 Å². The molecule has 1 aromatic heterocycles. The van der Waals surface area contributed by atoms with Crippen LogP contribution in [0.25, 0.3) is 17.1 Å². The van der Waals surface area contributed by atoms with Gasteiger partial charge in [-0.15, -0.1) is 5.10 Å². The first-order chi connectivity index (χ1) is 14.0. The summed E-state index contributed by atoms with van der Waals surface area (Å²) >= 11 is 0. The van der Waals surface area contributed by atoms with Crippen molar-refractivity contribution in [3.8, 4) is 17.1 Å². The summed E-state index contributed by atoms with van der Waals surface area (Å²) < 4.78 is 15.6. The fourth-order valence-electron chi connectivity index (χ4n) is 3.04. The standard InChI is InChI=1S/C23H19FN4O/c1-15-12-13-16(2)20(14-15)28-22(17-8-4-3-5-9-17)26-21(27-28)23(29)25-19-11-7-6-10-18(19)24/h3-14H,1-2H3,(H,25,29). The van der Waals surface area contributed by atoms with Crippen LogP contribution in [0.3, 0.4) is 0 Å². The molecule has 0 bridgehead atoms. The number of carbonyl (C=O) groups excluding carboxylic acids is 1. The predicted molar refractivity (Wildman–Crippen MR) is 111 cm³/mol. The summed E-state index contributed by atoms with van der Waals surface area (Å²) in [5, 5.41) is 7.00. The molecule has 4 aromatic rings. The molecule has 0 aliphatic heterocycles. The first kappa shape index (κ1) is 18.6. The second-order valence-electron chi connectivity index (χ2n) is 6.76. The zero-order valence-corrected chi connectivity index (χ0v) is 16.1. The number of para-hydroxylation sites is 1. The quantitative estimate of drug-likeness (QED) is 0.540. The van der Waals surface area contributed by atoms with Gasteiger partial charge in [0.1, 0.15) is 5.82 Å². The van der Waals surface area contributed by atoms with E-state index in [4.69, 9.17) is 0 Å². The number of aromatic nitrogens is 3. The third-order valence-electron chi connectivity index (χ3n) is 4.56. The average molecular weight is 386 g/mol. The number of rotatable bonds is 4. The SMILES string of the molecule is Cc1ccc(C)c(-n2nc(C(=O)Nc3ccccc3F)nc2-c2ccccc2)c1. The molecule has 1 amide bonds. The number of carbonyl (C=O) groups is 1. The first-order valence-corrected chi connectivity index (χ1v) is 9.19. The molecular weight excluding hydrogens is 367 g/mol. The van der Waals surface area contributed by atoms with E-state index in [9.17, 15) is 9.18 Å². The van der Waals surface area contributed by atoms with E-state index in [0.717, 1.165) is 22.4 Å². The Labute approximate surface area is 167 Å². The van der Waals surface area contributed by atoms with Crippen LogP contribution in [-0.4, -0.2) is 20.7 Å². The second kappa shape index (κ2) is 7.67. The lowest BCUT2D eigenvalue weighted by molar-refractivity contribution is 0.101. The summed E-state index contributed by atoms with van der Waals surface area (Å²) in [6.45, 7) is 3.97. The smallest absolute Gasteiger partial charge is 0.295 e. The number of anilines is 1. The van der Waals surface area contributed by atoms with E-state index in [1.807, 2.05) is 62.4 Å². The molecule has 4 rings (SSSR count). The fourth-order valence-corrected chi connectivity index (χ4v) is 3.04. The van der Waals surface area contributed by atoms with E-state index in [0.29, 0.717) is 5.82 Å². The Morgan fingerprint density at radius 2 is 1.69 bits per heavy atom. The Kier molecular flexibility index (Phi) is 4.91. The number of hydrogen-bond donors (Lipinski definition) is 1. The van der Waals surface area contributed by atoms with Crippen LogP contribution >= 0.6 is 0 Å². The summed E-state index contributed by atoms with van der Waals surface area (Å²) in [6.07, 6.45) is 0. The van der Waals surface area contributed by atoms with Crippen molar-refractivity contribution >= 4 is 11.6 Å². The van der Waals surface area contributed by atoms with Gasteiger partial charge in [-0.1, -0.05) is 54.6 Å². The van der Waals surface area contributed by atoms with Crippen LogP contribution in [0.2, 0.25) is 0 Å². The molecule has 5 nitrogen and oxygen atoms in total. The van der Waals surface area contributed by atoms with Crippen LogP contribution in [0.5, 0.6) is 0 Å². The van der Waals surface area contributed by atoms with E-state index >= 15 is 0 Å². The molecule has 0 radical (unpaired) electrons. The monoisotopic (exact) mass is 386 g/mol. The van der Waals surface area contributed by atoms with Crippen molar-refractivity contribution in [2.45, 2.75) is 13.8 Å². The number of hydrogen-bond acceptors (Lipinski definition) is 3. The van der Waals surface area contributed by atoms with E-state index in [1.54, 1.807) is 16.8 Å². The average Bonchev–Trinajstić information content (AvgIpc) is 3.17. The third kappa shape index (κ3) is 3.78. The van der Waals surface area contributed by atoms with Crippen molar-refractivity contribution in [2.75, 3.05) is 5.32 Å². The highest BCUT2D eigenvalue weighted by Gasteiger charge is 2.20. The summed E-state index contributed by atoms with van der Waals surface area (Å²) in [4.78, 5) is 17.2. The minimum absolute atomic E-state index is 0.0342. The Bertz CT molecular complexity index is 1180. The molecule has 0 saturated carbocycles. The maximum absolute atomic E-state index is 13.9. The Morgan fingerprint density at radius 1 is 0.966 bits per heavy atom. The van der Waals surface area contributed by atoms with E-state index < -0.39 is 11.7 Å². The van der Waals surface area contributed by atoms with Crippen LogP contribution in [0, 0.1) is 19.7 Å². The molecule has 0 aliphatic rings. The van der Waals surface area contributed by atoms with Gasteiger partial charge in [0, 0.05) is 5.56 Å². The molecular formula is C23H19FN4O. The maximum atomic E-state index is 13.9. The first-order valence-electron chi connectivity index (χ1n) is 9.19. The Hall–Kier alpha value is -3.80. The zero-order valence-electron chi connectivity index (χ0n) is 16.1. The molecule has 144 valence electrons. The van der Waals surface area contributed by atoms with Crippen LogP contribution in [0.1, 0.15) is 21.7 Å². The maximum Gasteiger partial charge on any atom is 0.295 e. The molecule has 0 atom stereocenters. The summed E-state index contributed by atoms with van der Waals surface area (Å²) in [5.41, 5.74) is 3.81. The lowest BCUT2D eigenvalue weighted by atomic mass is 10.1. The van der Waals surface area contributed by atoms with Crippen molar-refractivity contribution in [3.05, 3.63) is 95.6 Å². The topological polar surface area (TPSA) is 59.8 Å². The summed E-state index contributed by atoms with van der Waals surface area (Å²) in [6, 6.07) is 21.5. The molecule has 1 heterocycles. The van der Waals surface area contributed by atoms with Crippen molar-refractivity contribution < 1.29 is 9.18 Å². The van der Waals surface area contributed by atoms with E-state index in [2.05, 4.69) is 15.4 Å². The molecule has 0 aliphatic carbocycles. The molecule has 6 heteroatoms. The number of nitrogens with zero attached hydrogens (tertiary/aromatic N) is 3. The van der Waals surface area contributed by atoms with Crippen LogP contribution in [-0.2, 0) is 0 Å². The molecule has 3 aromatic carbocycles. The molecule has 1 N–H and O–H groups in total. The molecule has 0 unspecified atom stereocenters. The van der Waals surface area contributed by atoms with Gasteiger partial charge in [0.15, 0.2) is 5.82 Å². The van der Waals surface area contributed by atoms with Gasteiger partial charge in [-0.3, -0.25) is 4.79 Å². The van der Waals surface area contributed by atoms with E-state index in [1.165, 1.54) is 12.1 Å². The summed E-state index contributed by atoms with van der Waals surface area (Å²) in [5.74, 6) is -0.583. The summed E-state index contributed by atoms with van der Waals surface area (Å²) in [7, 11) is 0. The van der Waals surface area contributed by atoms with Gasteiger partial charge in [-0.2, -0.15) is 0 Å². The van der Waals surface area contributed by atoms with Gasteiger partial charge in [-0.05, 0) is 43.2 Å². The Morgan fingerprint density at radius 3 is 2.45 bits per heavy atom. The van der Waals surface area contributed by atoms with Gasteiger partial charge >= 0.3 is 0 Å². The van der Waals surface area contributed by atoms with Gasteiger partial charge in [0.25, 0.3) is 5.91 Å². The lowest BCUT2D eigenvalue weighted by Crippen LogP contribution is -2.15. The highest BCUT2D eigenvalue weighted by atomic mass is 19.1. The van der Waals surface area contributed by atoms with Gasteiger partial charge in [0.05, 0.1) is 11.4 Å². The minimum Gasteiger partial charge on any atom is -0.317 e. The van der Waals surface area contributed by atoms with Crippen LogP contribution in [0.15, 0.2) is 72.8 Å². The van der Waals surface area contributed by atoms with Crippen molar-refractivity contribution in [1.82, 2.24) is 14.8 Å². The molecule has 0 fully saturated rings. The fraction of sp³-hybridized carbons (Fsp3) is 0.0870. The number of nitrogens with one attached hydrogen (secondary N) is 1. The third-order valence-corrected chi connectivity index (χ3v) is 4.56.